The summed E-state index contributed by atoms with van der Waals surface area (Å²) in [5.41, 5.74) is 1.48. The van der Waals surface area contributed by atoms with Gasteiger partial charge in [0.05, 0.1) is 0 Å². The van der Waals surface area contributed by atoms with Gasteiger partial charge in [-0.1, -0.05) is 0 Å². The number of piperidine rings is 1. The van der Waals surface area contributed by atoms with E-state index in [0.29, 0.717) is 56.2 Å². The average Bonchev–Trinajstić information content (AvgIpc) is 3.32. The van der Waals surface area contributed by atoms with Crippen LogP contribution in [0.5, 0.6) is 5.75 Å². The standard InChI is InChI=1S/C23H24F2IN4O4S/c24-18-12-20-21(13-19(18)25)28-23(14-27-20)29-6-3-16(4-7-29)30(8-9-31)26-35(32,33)17-1-2-22-15(11-17)5-10-34-22/h1-2,11-14,16,31H,3-10H2/q-1. The van der Waals surface area contributed by atoms with Crippen molar-refractivity contribution in [3.05, 3.63) is 53.7 Å². The first-order chi connectivity index (χ1) is 16.8. The number of nitrogens with zero attached hydrogens (tertiary/aromatic N) is 4. The van der Waals surface area contributed by atoms with Gasteiger partial charge in [0.2, 0.25) is 0 Å². The quantitative estimate of drug-likeness (QED) is 0.216. The number of aromatic nitrogens is 2. The number of ether oxygens (including phenoxy) is 1. The van der Waals surface area contributed by atoms with E-state index in [9.17, 15) is 22.3 Å². The first-order valence-corrected chi connectivity index (χ1v) is 16.2. The van der Waals surface area contributed by atoms with Crippen molar-refractivity contribution in [1.29, 1.82) is 0 Å². The molecule has 0 saturated carbocycles. The molecule has 188 valence electrons. The van der Waals surface area contributed by atoms with E-state index < -0.39 is 38.7 Å². The van der Waals surface area contributed by atoms with Crippen LogP contribution in [-0.2, 0) is 13.4 Å². The number of aliphatic hydroxyl groups is 1. The third-order valence-electron chi connectivity index (χ3n) is 6.19. The van der Waals surface area contributed by atoms with Gasteiger partial charge in [-0.25, -0.2) is 0 Å². The predicted octanol–water partition coefficient (Wildman–Crippen LogP) is -0.501. The molecule has 2 aliphatic heterocycles. The zero-order valence-corrected chi connectivity index (χ0v) is 21.7. The van der Waals surface area contributed by atoms with Crippen LogP contribution in [0.3, 0.4) is 0 Å². The second-order valence-electron chi connectivity index (χ2n) is 8.42. The number of halogens is 3. The Bertz CT molecular complexity index is 1350. The molecule has 0 radical (unpaired) electrons. The van der Waals surface area contributed by atoms with E-state index in [1.807, 2.05) is 8.01 Å². The van der Waals surface area contributed by atoms with Crippen LogP contribution in [0.15, 0.2) is 41.4 Å². The molecule has 0 aliphatic carbocycles. The van der Waals surface area contributed by atoms with Crippen LogP contribution < -0.4 is 29.7 Å². The molecule has 8 nitrogen and oxygen atoms in total. The van der Waals surface area contributed by atoms with Crippen molar-refractivity contribution in [2.75, 3.05) is 37.7 Å². The summed E-state index contributed by atoms with van der Waals surface area (Å²) in [7, 11) is -3.48. The SMILES string of the molecule is O=S(=O)([I-]N(CCO)C1CCN(c2cnc3cc(F)c(F)cc3n2)CC1)c1ccc2c(c1)CCO2. The van der Waals surface area contributed by atoms with Crippen LogP contribution in [0.4, 0.5) is 14.6 Å². The van der Waals surface area contributed by atoms with Crippen LogP contribution in [0, 0.1) is 11.6 Å². The summed E-state index contributed by atoms with van der Waals surface area (Å²) in [6, 6.07) is 7.11. The van der Waals surface area contributed by atoms with E-state index in [2.05, 4.69) is 9.97 Å². The topological polar surface area (TPSA) is 95.9 Å². The van der Waals surface area contributed by atoms with Crippen LogP contribution in [-0.4, -0.2) is 65.5 Å². The molecular formula is C23H24F2IN4O4S-. The minimum atomic E-state index is -3.48. The predicted molar refractivity (Wildman–Crippen MR) is 121 cm³/mol. The number of anilines is 1. The fourth-order valence-electron chi connectivity index (χ4n) is 4.37. The number of aliphatic hydroxyl groups excluding tert-OH is 1. The van der Waals surface area contributed by atoms with E-state index in [0.717, 1.165) is 23.4 Å². The molecule has 0 amide bonds. The fraction of sp³-hybridized carbons (Fsp3) is 0.391. The summed E-state index contributed by atoms with van der Waals surface area (Å²) < 4.78 is 60.9. The molecule has 0 spiro atoms. The number of hydrogen-bond donors (Lipinski definition) is 1. The number of fused-ring (bicyclic) bond motifs is 2. The first-order valence-electron chi connectivity index (χ1n) is 11.3. The molecule has 3 aromatic rings. The van der Waals surface area contributed by atoms with E-state index in [4.69, 9.17) is 4.74 Å². The van der Waals surface area contributed by atoms with Crippen molar-refractivity contribution >= 4 is 23.9 Å². The second kappa shape index (κ2) is 10.1. The Morgan fingerprint density at radius 2 is 1.89 bits per heavy atom. The molecule has 0 atom stereocenters. The van der Waals surface area contributed by atoms with Crippen molar-refractivity contribution in [1.82, 2.24) is 13.1 Å². The van der Waals surface area contributed by atoms with Crippen LogP contribution in [0.2, 0.25) is 0 Å². The summed E-state index contributed by atoms with van der Waals surface area (Å²) in [6.07, 6.45) is 3.62. The van der Waals surface area contributed by atoms with Gasteiger partial charge in [0, 0.05) is 0 Å². The molecule has 1 N–H and O–H groups in total. The van der Waals surface area contributed by atoms with E-state index in [1.165, 1.54) is 0 Å². The van der Waals surface area contributed by atoms with Crippen molar-refractivity contribution in [3.8, 4) is 5.75 Å². The third-order valence-corrected chi connectivity index (χ3v) is 13.2. The number of benzene rings is 2. The number of hydrogen-bond acceptors (Lipinski definition) is 8. The molecule has 0 bridgehead atoms. The van der Waals surface area contributed by atoms with Gasteiger partial charge in [-0.2, -0.15) is 0 Å². The van der Waals surface area contributed by atoms with Crippen LogP contribution in [0.25, 0.3) is 11.0 Å². The van der Waals surface area contributed by atoms with Gasteiger partial charge < -0.3 is 0 Å². The van der Waals surface area contributed by atoms with Gasteiger partial charge >= 0.3 is 212 Å². The second-order valence-corrected chi connectivity index (χ2v) is 15.8. The molecule has 35 heavy (non-hydrogen) atoms. The Kier molecular flexibility index (Phi) is 7.06. The van der Waals surface area contributed by atoms with E-state index in [-0.39, 0.29) is 23.7 Å². The van der Waals surface area contributed by atoms with Gasteiger partial charge in [0.25, 0.3) is 0 Å². The molecule has 0 unspecified atom stereocenters. The van der Waals surface area contributed by atoms with Gasteiger partial charge in [-0.15, -0.1) is 0 Å². The summed E-state index contributed by atoms with van der Waals surface area (Å²) >= 11 is -1.43. The fourth-order valence-corrected chi connectivity index (χ4v) is 11.2. The molecule has 12 heteroatoms. The summed E-state index contributed by atoms with van der Waals surface area (Å²) in [5.74, 6) is -0.621. The monoisotopic (exact) mass is 617 g/mol. The number of rotatable bonds is 7. The molecule has 2 aliphatic rings. The summed E-state index contributed by atoms with van der Waals surface area (Å²) in [5, 5.41) is 9.61. The van der Waals surface area contributed by atoms with Crippen molar-refractivity contribution in [2.45, 2.75) is 30.2 Å². The van der Waals surface area contributed by atoms with Gasteiger partial charge in [0.1, 0.15) is 0 Å². The molecule has 1 saturated heterocycles. The van der Waals surface area contributed by atoms with Gasteiger partial charge in [-0.05, 0) is 0 Å². The Hall–Kier alpha value is -2.16. The molecule has 2 aromatic carbocycles. The normalized spacial score (nSPS) is 16.7. The zero-order chi connectivity index (χ0) is 24.6. The van der Waals surface area contributed by atoms with Gasteiger partial charge in [-0.3, -0.25) is 0 Å². The Balaban J connectivity index is 1.27. The van der Waals surface area contributed by atoms with Crippen molar-refractivity contribution < 1.29 is 47.1 Å². The molecule has 1 fully saturated rings. The van der Waals surface area contributed by atoms with Crippen LogP contribution >= 0.6 is 0 Å². The maximum atomic E-state index is 13.6. The summed E-state index contributed by atoms with van der Waals surface area (Å²) in [4.78, 5) is 11.0. The third kappa shape index (κ3) is 5.20. The minimum absolute atomic E-state index is 0.0127. The van der Waals surface area contributed by atoms with E-state index in [1.54, 1.807) is 24.4 Å². The van der Waals surface area contributed by atoms with Crippen molar-refractivity contribution in [3.63, 3.8) is 0 Å². The maximum absolute atomic E-state index is 13.6. The van der Waals surface area contributed by atoms with Crippen molar-refractivity contribution in [2.24, 2.45) is 0 Å². The molecule has 3 heterocycles. The summed E-state index contributed by atoms with van der Waals surface area (Å²) in [6.45, 7) is 1.96. The zero-order valence-electron chi connectivity index (χ0n) is 18.7. The van der Waals surface area contributed by atoms with Crippen LogP contribution in [0.1, 0.15) is 18.4 Å². The van der Waals surface area contributed by atoms with E-state index >= 15 is 0 Å². The molecule has 1 aromatic heterocycles. The average molecular weight is 617 g/mol. The van der Waals surface area contributed by atoms with Gasteiger partial charge in [0.15, 0.2) is 0 Å². The first kappa shape index (κ1) is 24.5. The Morgan fingerprint density at radius 1 is 1.14 bits per heavy atom. The Labute approximate surface area is 210 Å². The molecular weight excluding hydrogens is 593 g/mol. The molecule has 5 rings (SSSR count). The Morgan fingerprint density at radius 3 is 2.63 bits per heavy atom.